The van der Waals surface area contributed by atoms with Crippen molar-refractivity contribution in [1.29, 1.82) is 0 Å². The Morgan fingerprint density at radius 2 is 1.86 bits per heavy atom. The second-order valence-electron chi connectivity index (χ2n) is 8.46. The Morgan fingerprint density at radius 3 is 2.54 bits per heavy atom. The number of rotatable bonds is 4. The Hall–Kier alpha value is -1.99. The van der Waals surface area contributed by atoms with Crippen molar-refractivity contribution < 1.29 is 4.74 Å². The van der Waals surface area contributed by atoms with Gasteiger partial charge < -0.3 is 14.6 Å². The third-order valence-corrected chi connectivity index (χ3v) is 6.04. The molecule has 0 aromatic carbocycles. The van der Waals surface area contributed by atoms with E-state index >= 15 is 0 Å². The van der Waals surface area contributed by atoms with Gasteiger partial charge in [-0.3, -0.25) is 4.79 Å². The van der Waals surface area contributed by atoms with E-state index in [2.05, 4.69) is 35.5 Å². The van der Waals surface area contributed by atoms with Crippen molar-refractivity contribution in [3.8, 4) is 11.4 Å². The number of hydrogen-bond acceptors (Lipinski definition) is 5. The maximum absolute atomic E-state index is 11.9. The molecule has 0 aliphatic carbocycles. The lowest BCUT2D eigenvalue weighted by molar-refractivity contribution is 0.0834. The van der Waals surface area contributed by atoms with Crippen molar-refractivity contribution in [2.24, 2.45) is 0 Å². The molecule has 152 valence electrons. The zero-order valence-corrected chi connectivity index (χ0v) is 17.1. The Labute approximate surface area is 166 Å². The number of ether oxygens (including phenoxy) is 1. The first-order chi connectivity index (χ1) is 13.5. The highest BCUT2D eigenvalue weighted by Gasteiger charge is 2.28. The van der Waals surface area contributed by atoms with E-state index in [-0.39, 0.29) is 11.5 Å². The summed E-state index contributed by atoms with van der Waals surface area (Å²) in [5, 5.41) is 5.02. The zero-order valence-electron chi connectivity index (χ0n) is 17.1. The third kappa shape index (κ3) is 3.91. The predicted molar refractivity (Wildman–Crippen MR) is 109 cm³/mol. The highest BCUT2D eigenvalue weighted by Crippen LogP contribution is 2.33. The molecule has 2 aromatic heterocycles. The third-order valence-electron chi connectivity index (χ3n) is 6.04. The SMILES string of the molecule is CC(C)c1[nH]c(=O)ccc1-c1nc(C2CCOCC2)nn1C1CCN(C)CC1. The van der Waals surface area contributed by atoms with Gasteiger partial charge in [-0.05, 0) is 57.8 Å². The van der Waals surface area contributed by atoms with Crippen LogP contribution in [0.5, 0.6) is 0 Å². The van der Waals surface area contributed by atoms with E-state index in [9.17, 15) is 4.79 Å². The van der Waals surface area contributed by atoms with Gasteiger partial charge in [-0.15, -0.1) is 0 Å². The standard InChI is InChI=1S/C21H31N5O2/c1-14(2)19-17(4-5-18(27)22-19)21-23-20(15-8-12-28-13-9-15)24-26(21)16-6-10-25(3)11-7-16/h4-5,14-16H,6-13H2,1-3H3,(H,22,27). The van der Waals surface area contributed by atoms with Crippen molar-refractivity contribution >= 4 is 0 Å². The average Bonchev–Trinajstić information content (AvgIpc) is 3.14. The number of piperidine rings is 1. The molecule has 7 heteroatoms. The molecule has 0 spiro atoms. The number of hydrogen-bond donors (Lipinski definition) is 1. The van der Waals surface area contributed by atoms with Gasteiger partial charge in [0.1, 0.15) is 0 Å². The van der Waals surface area contributed by atoms with Crippen LogP contribution in [-0.4, -0.2) is 58.0 Å². The number of aromatic amines is 1. The molecule has 2 fully saturated rings. The van der Waals surface area contributed by atoms with Crippen LogP contribution in [0.1, 0.15) is 68.9 Å². The molecule has 0 saturated carbocycles. The van der Waals surface area contributed by atoms with E-state index in [1.807, 2.05) is 6.07 Å². The van der Waals surface area contributed by atoms with Gasteiger partial charge in [-0.2, -0.15) is 5.10 Å². The lowest BCUT2D eigenvalue weighted by Gasteiger charge is -2.30. The molecule has 2 aliphatic heterocycles. The van der Waals surface area contributed by atoms with Crippen molar-refractivity contribution in [3.05, 3.63) is 34.0 Å². The number of nitrogens with zero attached hydrogens (tertiary/aromatic N) is 4. The minimum Gasteiger partial charge on any atom is -0.381 e. The lowest BCUT2D eigenvalue weighted by atomic mass is 9.99. The summed E-state index contributed by atoms with van der Waals surface area (Å²) in [6, 6.07) is 3.86. The molecule has 0 amide bonds. The summed E-state index contributed by atoms with van der Waals surface area (Å²) < 4.78 is 7.68. The normalized spacial score (nSPS) is 20.1. The van der Waals surface area contributed by atoms with Gasteiger partial charge in [0.05, 0.1) is 6.04 Å². The Bertz CT molecular complexity index is 858. The molecule has 0 radical (unpaired) electrons. The van der Waals surface area contributed by atoms with Gasteiger partial charge in [0, 0.05) is 36.5 Å². The number of H-pyrrole nitrogens is 1. The Balaban J connectivity index is 1.78. The van der Waals surface area contributed by atoms with Gasteiger partial charge in [-0.25, -0.2) is 9.67 Å². The quantitative estimate of drug-likeness (QED) is 0.876. The summed E-state index contributed by atoms with van der Waals surface area (Å²) in [6.45, 7) is 7.89. The van der Waals surface area contributed by atoms with Gasteiger partial charge in [0.2, 0.25) is 5.56 Å². The monoisotopic (exact) mass is 385 g/mol. The van der Waals surface area contributed by atoms with Crippen LogP contribution in [0.25, 0.3) is 11.4 Å². The molecule has 0 unspecified atom stereocenters. The molecular weight excluding hydrogens is 354 g/mol. The molecule has 0 atom stereocenters. The van der Waals surface area contributed by atoms with Gasteiger partial charge >= 0.3 is 0 Å². The average molecular weight is 386 g/mol. The smallest absolute Gasteiger partial charge is 0.248 e. The maximum atomic E-state index is 11.9. The summed E-state index contributed by atoms with van der Waals surface area (Å²) in [5.41, 5.74) is 1.87. The fraction of sp³-hybridized carbons (Fsp3) is 0.667. The van der Waals surface area contributed by atoms with E-state index < -0.39 is 0 Å². The van der Waals surface area contributed by atoms with Crippen molar-refractivity contribution in [2.45, 2.75) is 57.4 Å². The summed E-state index contributed by atoms with van der Waals surface area (Å²) in [5.74, 6) is 2.39. The number of pyridine rings is 1. The summed E-state index contributed by atoms with van der Waals surface area (Å²) >= 11 is 0. The summed E-state index contributed by atoms with van der Waals surface area (Å²) in [6.07, 6.45) is 4.08. The van der Waals surface area contributed by atoms with Crippen molar-refractivity contribution in [2.75, 3.05) is 33.4 Å². The largest absolute Gasteiger partial charge is 0.381 e. The molecule has 2 aliphatic rings. The van der Waals surface area contributed by atoms with E-state index in [1.165, 1.54) is 0 Å². The second-order valence-corrected chi connectivity index (χ2v) is 8.46. The predicted octanol–water partition coefficient (Wildman–Crippen LogP) is 2.92. The Kier molecular flexibility index (Phi) is 5.64. The topological polar surface area (TPSA) is 76.0 Å². The minimum absolute atomic E-state index is 0.0672. The fourth-order valence-electron chi connectivity index (χ4n) is 4.29. The molecule has 4 heterocycles. The van der Waals surface area contributed by atoms with E-state index in [0.717, 1.165) is 74.9 Å². The van der Waals surface area contributed by atoms with E-state index in [0.29, 0.717) is 12.0 Å². The highest BCUT2D eigenvalue weighted by molar-refractivity contribution is 5.59. The summed E-state index contributed by atoms with van der Waals surface area (Å²) in [4.78, 5) is 22.4. The number of aromatic nitrogens is 4. The first kappa shape index (κ1) is 19.3. The molecule has 7 nitrogen and oxygen atoms in total. The van der Waals surface area contributed by atoms with Gasteiger partial charge in [-0.1, -0.05) is 13.8 Å². The first-order valence-corrected chi connectivity index (χ1v) is 10.5. The molecule has 2 saturated heterocycles. The highest BCUT2D eigenvalue weighted by atomic mass is 16.5. The van der Waals surface area contributed by atoms with Crippen LogP contribution in [-0.2, 0) is 4.74 Å². The van der Waals surface area contributed by atoms with Crippen LogP contribution in [0, 0.1) is 0 Å². The first-order valence-electron chi connectivity index (χ1n) is 10.5. The molecule has 0 bridgehead atoms. The molecular formula is C21H31N5O2. The number of likely N-dealkylation sites (tertiary alicyclic amines) is 1. The molecule has 4 rings (SSSR count). The lowest BCUT2D eigenvalue weighted by Crippen LogP contribution is -2.32. The van der Waals surface area contributed by atoms with E-state index in [4.69, 9.17) is 14.8 Å². The molecule has 28 heavy (non-hydrogen) atoms. The fourth-order valence-corrected chi connectivity index (χ4v) is 4.29. The van der Waals surface area contributed by atoms with Crippen molar-refractivity contribution in [1.82, 2.24) is 24.6 Å². The second kappa shape index (κ2) is 8.17. The number of nitrogens with one attached hydrogen (secondary N) is 1. The van der Waals surface area contributed by atoms with Crippen LogP contribution < -0.4 is 5.56 Å². The van der Waals surface area contributed by atoms with Crippen LogP contribution in [0.15, 0.2) is 16.9 Å². The van der Waals surface area contributed by atoms with Crippen LogP contribution >= 0.6 is 0 Å². The van der Waals surface area contributed by atoms with Gasteiger partial charge in [0.25, 0.3) is 0 Å². The minimum atomic E-state index is -0.0672. The molecule has 2 aromatic rings. The molecule has 1 N–H and O–H groups in total. The van der Waals surface area contributed by atoms with E-state index in [1.54, 1.807) is 6.07 Å². The maximum Gasteiger partial charge on any atom is 0.248 e. The van der Waals surface area contributed by atoms with Crippen LogP contribution in [0.4, 0.5) is 0 Å². The summed E-state index contributed by atoms with van der Waals surface area (Å²) in [7, 11) is 2.17. The van der Waals surface area contributed by atoms with Crippen molar-refractivity contribution in [3.63, 3.8) is 0 Å². The Morgan fingerprint density at radius 1 is 1.14 bits per heavy atom. The van der Waals surface area contributed by atoms with Crippen LogP contribution in [0.3, 0.4) is 0 Å². The van der Waals surface area contributed by atoms with Gasteiger partial charge in [0.15, 0.2) is 11.6 Å². The zero-order chi connectivity index (χ0) is 19.7. The van der Waals surface area contributed by atoms with Crippen LogP contribution in [0.2, 0.25) is 0 Å².